The van der Waals surface area contributed by atoms with E-state index in [0.29, 0.717) is 64.4 Å². The molecule has 3 aromatic carbocycles. The average Bonchev–Trinajstić information content (AvgIpc) is 3.33. The van der Waals surface area contributed by atoms with Gasteiger partial charge < -0.3 is 15.1 Å². The number of fused-ring (bicyclic) bond motifs is 1. The molecular weight excluding hydrogens is 561 g/mol. The number of halogens is 2. The van der Waals surface area contributed by atoms with Crippen molar-refractivity contribution in [2.45, 2.75) is 13.0 Å². The quantitative estimate of drug-likeness (QED) is 0.351. The molecule has 10 heteroatoms. The molecule has 0 saturated carbocycles. The predicted molar refractivity (Wildman–Crippen MR) is 161 cm³/mol. The molecule has 8 nitrogen and oxygen atoms in total. The molecule has 6 rings (SSSR count). The van der Waals surface area contributed by atoms with Crippen LogP contribution in [0.2, 0.25) is 10.0 Å². The number of aromatic nitrogens is 2. The molecule has 41 heavy (non-hydrogen) atoms. The first-order valence-electron chi connectivity index (χ1n) is 13.3. The number of hydrogen-bond acceptors (Lipinski definition) is 5. The number of allylic oxidation sites excluding steroid dienone is 1. The van der Waals surface area contributed by atoms with E-state index in [1.54, 1.807) is 53.2 Å². The highest BCUT2D eigenvalue weighted by atomic mass is 35.5. The number of benzene rings is 3. The number of carbonyl (C=O) groups excluding carboxylic acids is 2. The van der Waals surface area contributed by atoms with Crippen LogP contribution in [0.4, 0.5) is 11.5 Å². The largest absolute Gasteiger partial charge is 0.368 e. The molecule has 3 heterocycles. The monoisotopic (exact) mass is 587 g/mol. The molecule has 1 amide bonds. The van der Waals surface area contributed by atoms with Crippen LogP contribution in [0.1, 0.15) is 28.9 Å². The molecular formula is C31H27Cl2N5O3. The lowest BCUT2D eigenvalue weighted by Gasteiger charge is -2.39. The number of rotatable bonds is 4. The Labute approximate surface area is 247 Å². The van der Waals surface area contributed by atoms with Crippen molar-refractivity contribution < 1.29 is 9.59 Å². The zero-order valence-electron chi connectivity index (χ0n) is 22.3. The van der Waals surface area contributed by atoms with Gasteiger partial charge in [0.2, 0.25) is 0 Å². The van der Waals surface area contributed by atoms with Gasteiger partial charge in [0.1, 0.15) is 11.9 Å². The third-order valence-electron chi connectivity index (χ3n) is 7.56. The number of para-hydroxylation sites is 1. The molecule has 208 valence electrons. The van der Waals surface area contributed by atoms with Crippen molar-refractivity contribution in [2.24, 2.45) is 0 Å². The zero-order valence-corrected chi connectivity index (χ0v) is 23.8. The fraction of sp³-hybridized carbons (Fsp3) is 0.194. The second kappa shape index (κ2) is 11.0. The summed E-state index contributed by atoms with van der Waals surface area (Å²) in [4.78, 5) is 45.3. The zero-order chi connectivity index (χ0) is 28.7. The molecule has 1 unspecified atom stereocenters. The first kappa shape index (κ1) is 26.9. The number of amides is 1. The van der Waals surface area contributed by atoms with E-state index in [4.69, 9.17) is 23.2 Å². The van der Waals surface area contributed by atoms with Gasteiger partial charge in [-0.3, -0.25) is 14.4 Å². The second-order valence-electron chi connectivity index (χ2n) is 10.0. The summed E-state index contributed by atoms with van der Waals surface area (Å²) in [5.41, 5.74) is 2.60. The molecule has 0 aliphatic carbocycles. The minimum absolute atomic E-state index is 0.177. The SMILES string of the molecule is CC1=C(C(=O)N2CCN(c3ccccc3)CC2)C(c2ccc(Cl)c(Cl)c2)n2c(cc(=O)n2C(=O)c2ccccc2)N1. The molecule has 2 aliphatic rings. The van der Waals surface area contributed by atoms with Crippen molar-refractivity contribution in [3.63, 3.8) is 0 Å². The first-order chi connectivity index (χ1) is 19.8. The van der Waals surface area contributed by atoms with Crippen LogP contribution >= 0.6 is 23.2 Å². The Morgan fingerprint density at radius 2 is 1.46 bits per heavy atom. The molecule has 1 saturated heterocycles. The maximum absolute atomic E-state index is 14.3. The maximum atomic E-state index is 14.3. The highest BCUT2D eigenvalue weighted by Crippen LogP contribution is 2.39. The van der Waals surface area contributed by atoms with Gasteiger partial charge in [0.15, 0.2) is 0 Å². The number of carbonyl (C=O) groups is 2. The summed E-state index contributed by atoms with van der Waals surface area (Å²) in [7, 11) is 0. The second-order valence-corrected chi connectivity index (χ2v) is 10.9. The number of nitrogens with zero attached hydrogens (tertiary/aromatic N) is 4. The fourth-order valence-electron chi connectivity index (χ4n) is 5.54. The number of anilines is 2. The van der Waals surface area contributed by atoms with Crippen molar-refractivity contribution in [1.82, 2.24) is 14.3 Å². The Hall–Kier alpha value is -4.27. The van der Waals surface area contributed by atoms with Crippen LogP contribution in [0.15, 0.2) is 101 Å². The van der Waals surface area contributed by atoms with Crippen LogP contribution < -0.4 is 15.8 Å². The van der Waals surface area contributed by atoms with Gasteiger partial charge in [-0.05, 0) is 48.9 Å². The molecule has 2 aliphatic heterocycles. The average molecular weight is 588 g/mol. The normalized spacial score (nSPS) is 16.8. The van der Waals surface area contributed by atoms with E-state index in [9.17, 15) is 14.4 Å². The Bertz CT molecular complexity index is 1720. The standard InChI is InChI=1S/C31H27Cl2N5O3/c1-20-28(31(41)36-16-14-35(15-17-36)23-10-6-3-7-11-23)29(22-12-13-24(32)25(33)18-22)37-26(34-20)19-27(39)38(37)30(40)21-8-4-2-5-9-21/h2-13,18-19,29,34H,14-17H2,1H3. The molecule has 0 bridgehead atoms. The highest BCUT2D eigenvalue weighted by molar-refractivity contribution is 6.42. The van der Waals surface area contributed by atoms with Crippen molar-refractivity contribution in [3.05, 3.63) is 128 Å². The highest BCUT2D eigenvalue weighted by Gasteiger charge is 2.38. The summed E-state index contributed by atoms with van der Waals surface area (Å²) in [6.07, 6.45) is 0. The van der Waals surface area contributed by atoms with Gasteiger partial charge >= 0.3 is 0 Å². The Morgan fingerprint density at radius 3 is 2.12 bits per heavy atom. The Kier molecular flexibility index (Phi) is 7.19. The van der Waals surface area contributed by atoms with Gasteiger partial charge in [-0.2, -0.15) is 4.68 Å². The summed E-state index contributed by atoms with van der Waals surface area (Å²) in [5.74, 6) is -0.279. The summed E-state index contributed by atoms with van der Waals surface area (Å²) >= 11 is 12.7. The summed E-state index contributed by atoms with van der Waals surface area (Å²) in [6, 6.07) is 24.3. The minimum atomic E-state index is -0.809. The van der Waals surface area contributed by atoms with Crippen LogP contribution in [0.5, 0.6) is 0 Å². The smallest absolute Gasteiger partial charge is 0.279 e. The van der Waals surface area contributed by atoms with E-state index in [0.717, 1.165) is 10.4 Å². The van der Waals surface area contributed by atoms with Crippen LogP contribution in [0, 0.1) is 0 Å². The van der Waals surface area contributed by atoms with Crippen LogP contribution in [-0.4, -0.2) is 52.3 Å². The van der Waals surface area contributed by atoms with Crippen molar-refractivity contribution in [3.8, 4) is 0 Å². The molecule has 1 fully saturated rings. The van der Waals surface area contributed by atoms with Crippen molar-refractivity contribution in [1.29, 1.82) is 0 Å². The number of hydrogen-bond donors (Lipinski definition) is 1. The molecule has 1 N–H and O–H groups in total. The first-order valence-corrected chi connectivity index (χ1v) is 14.1. The van der Waals surface area contributed by atoms with E-state index in [1.807, 2.05) is 30.0 Å². The van der Waals surface area contributed by atoms with E-state index < -0.39 is 17.5 Å². The van der Waals surface area contributed by atoms with E-state index >= 15 is 0 Å². The Balaban J connectivity index is 1.42. The lowest BCUT2D eigenvalue weighted by atomic mass is 9.94. The van der Waals surface area contributed by atoms with Gasteiger partial charge in [0, 0.05) is 49.2 Å². The lowest BCUT2D eigenvalue weighted by molar-refractivity contribution is -0.128. The summed E-state index contributed by atoms with van der Waals surface area (Å²) in [5, 5.41) is 3.88. The van der Waals surface area contributed by atoms with E-state index in [2.05, 4.69) is 22.3 Å². The number of piperazine rings is 1. The summed E-state index contributed by atoms with van der Waals surface area (Å²) < 4.78 is 2.63. The molecule has 0 radical (unpaired) electrons. The molecule has 1 aromatic heterocycles. The van der Waals surface area contributed by atoms with E-state index in [1.165, 1.54) is 6.07 Å². The molecule has 1 atom stereocenters. The van der Waals surface area contributed by atoms with Crippen LogP contribution in [0.3, 0.4) is 0 Å². The number of nitrogens with one attached hydrogen (secondary N) is 1. The van der Waals surface area contributed by atoms with Crippen molar-refractivity contribution >= 4 is 46.5 Å². The van der Waals surface area contributed by atoms with Crippen LogP contribution in [-0.2, 0) is 4.79 Å². The fourth-order valence-corrected chi connectivity index (χ4v) is 5.84. The summed E-state index contributed by atoms with van der Waals surface area (Å²) in [6.45, 7) is 4.21. The topological polar surface area (TPSA) is 79.6 Å². The predicted octanol–water partition coefficient (Wildman–Crippen LogP) is 5.28. The molecule has 0 spiro atoms. The van der Waals surface area contributed by atoms with Crippen LogP contribution in [0.25, 0.3) is 0 Å². The van der Waals surface area contributed by atoms with Gasteiger partial charge in [-0.15, -0.1) is 0 Å². The Morgan fingerprint density at radius 1 is 0.805 bits per heavy atom. The van der Waals surface area contributed by atoms with Gasteiger partial charge in [-0.1, -0.05) is 65.7 Å². The van der Waals surface area contributed by atoms with E-state index in [-0.39, 0.29) is 5.91 Å². The van der Waals surface area contributed by atoms with Gasteiger partial charge in [0.05, 0.1) is 15.6 Å². The third kappa shape index (κ3) is 4.94. The lowest BCUT2D eigenvalue weighted by Crippen LogP contribution is -2.50. The van der Waals surface area contributed by atoms with Gasteiger partial charge in [-0.25, -0.2) is 4.68 Å². The molecule has 4 aromatic rings. The third-order valence-corrected chi connectivity index (χ3v) is 8.30. The minimum Gasteiger partial charge on any atom is -0.368 e. The van der Waals surface area contributed by atoms with Crippen molar-refractivity contribution in [2.75, 3.05) is 36.4 Å². The van der Waals surface area contributed by atoms with Gasteiger partial charge in [0.25, 0.3) is 17.4 Å². The maximum Gasteiger partial charge on any atom is 0.279 e.